The third-order valence-corrected chi connectivity index (χ3v) is 5.24. The highest BCUT2D eigenvalue weighted by atomic mass is 16.5. The summed E-state index contributed by atoms with van der Waals surface area (Å²) in [5.74, 6) is 2.04. The zero-order valence-electron chi connectivity index (χ0n) is 18.4. The van der Waals surface area contributed by atoms with Crippen molar-refractivity contribution in [2.24, 2.45) is 5.92 Å². The molecule has 0 unspecified atom stereocenters. The average Bonchev–Trinajstić information content (AvgIpc) is 3.09. The van der Waals surface area contributed by atoms with Crippen LogP contribution >= 0.6 is 0 Å². The zero-order chi connectivity index (χ0) is 21.5. The van der Waals surface area contributed by atoms with Crippen LogP contribution in [0.2, 0.25) is 0 Å². The number of hydrogen-bond donors (Lipinski definition) is 1. The lowest BCUT2D eigenvalue weighted by Crippen LogP contribution is -2.25. The monoisotopic (exact) mass is 408 g/mol. The summed E-state index contributed by atoms with van der Waals surface area (Å²) in [6.07, 6.45) is 4.18. The first-order chi connectivity index (χ1) is 14.5. The van der Waals surface area contributed by atoms with E-state index >= 15 is 0 Å². The van der Waals surface area contributed by atoms with E-state index in [-0.39, 0.29) is 5.91 Å². The van der Waals surface area contributed by atoms with E-state index in [2.05, 4.69) is 54.2 Å². The molecule has 0 aliphatic heterocycles. The van der Waals surface area contributed by atoms with Gasteiger partial charge in [-0.3, -0.25) is 4.79 Å². The maximum absolute atomic E-state index is 12.3. The van der Waals surface area contributed by atoms with Crippen LogP contribution in [0, 0.1) is 5.92 Å². The van der Waals surface area contributed by atoms with Crippen molar-refractivity contribution in [1.29, 1.82) is 0 Å². The van der Waals surface area contributed by atoms with Gasteiger partial charge in [-0.05, 0) is 48.1 Å². The lowest BCUT2D eigenvalue weighted by Gasteiger charge is -2.10. The smallest absolute Gasteiger partial charge is 0.220 e. The van der Waals surface area contributed by atoms with Crippen LogP contribution in [0.5, 0.6) is 11.5 Å². The second kappa shape index (κ2) is 10.2. The first kappa shape index (κ1) is 21.8. The van der Waals surface area contributed by atoms with E-state index in [0.717, 1.165) is 18.5 Å². The summed E-state index contributed by atoms with van der Waals surface area (Å²) in [5, 5.41) is 4.34. The molecular weight excluding hydrogens is 376 g/mol. The standard InChI is InChI=1S/C25H32N2O3/c1-18(2)16-27-17-20(21-7-5-6-8-22(21)27)13-14-26-25(28)12-10-19-9-11-23(29-3)24(15-19)30-4/h5-9,11,15,17-18H,10,12-14,16H2,1-4H3,(H,26,28). The number of nitrogens with one attached hydrogen (secondary N) is 1. The molecule has 1 heterocycles. The van der Waals surface area contributed by atoms with Crippen molar-refractivity contribution >= 4 is 16.8 Å². The van der Waals surface area contributed by atoms with E-state index in [1.165, 1.54) is 16.5 Å². The van der Waals surface area contributed by atoms with Gasteiger partial charge in [0, 0.05) is 36.6 Å². The van der Waals surface area contributed by atoms with Crippen molar-refractivity contribution in [2.75, 3.05) is 20.8 Å². The van der Waals surface area contributed by atoms with Gasteiger partial charge in [0.2, 0.25) is 5.91 Å². The summed E-state index contributed by atoms with van der Waals surface area (Å²) in [4.78, 5) is 12.3. The molecule has 0 bridgehead atoms. The first-order valence-electron chi connectivity index (χ1n) is 10.6. The van der Waals surface area contributed by atoms with Gasteiger partial charge in [0.1, 0.15) is 0 Å². The number of carbonyl (C=O) groups excluding carboxylic acids is 1. The van der Waals surface area contributed by atoms with Gasteiger partial charge in [-0.15, -0.1) is 0 Å². The highest BCUT2D eigenvalue weighted by Gasteiger charge is 2.10. The number of benzene rings is 2. The Morgan fingerprint density at radius 1 is 1.03 bits per heavy atom. The number of nitrogens with zero attached hydrogens (tertiary/aromatic N) is 1. The molecule has 0 saturated carbocycles. The van der Waals surface area contributed by atoms with Crippen LogP contribution in [0.4, 0.5) is 0 Å². The van der Waals surface area contributed by atoms with E-state index in [1.54, 1.807) is 14.2 Å². The molecule has 3 aromatic rings. The van der Waals surface area contributed by atoms with Gasteiger partial charge in [-0.1, -0.05) is 38.1 Å². The molecule has 0 fully saturated rings. The molecule has 0 aliphatic carbocycles. The second-order valence-electron chi connectivity index (χ2n) is 8.01. The summed E-state index contributed by atoms with van der Waals surface area (Å²) in [7, 11) is 3.23. The molecule has 5 nitrogen and oxygen atoms in total. The molecule has 2 aromatic carbocycles. The number of methoxy groups -OCH3 is 2. The topological polar surface area (TPSA) is 52.5 Å². The number of rotatable bonds is 10. The zero-order valence-corrected chi connectivity index (χ0v) is 18.4. The third kappa shape index (κ3) is 5.35. The molecule has 5 heteroatoms. The number of hydrogen-bond acceptors (Lipinski definition) is 3. The minimum absolute atomic E-state index is 0.0655. The van der Waals surface area contributed by atoms with Gasteiger partial charge in [0.25, 0.3) is 0 Å². The van der Waals surface area contributed by atoms with E-state index in [4.69, 9.17) is 9.47 Å². The lowest BCUT2D eigenvalue weighted by atomic mass is 10.1. The fraction of sp³-hybridized carbons (Fsp3) is 0.400. The van der Waals surface area contributed by atoms with Gasteiger partial charge in [-0.2, -0.15) is 0 Å². The molecule has 30 heavy (non-hydrogen) atoms. The molecule has 0 saturated heterocycles. The molecule has 1 aromatic heterocycles. The number of aromatic nitrogens is 1. The van der Waals surface area contributed by atoms with Crippen LogP contribution in [0.1, 0.15) is 31.4 Å². The van der Waals surface area contributed by atoms with Crippen molar-refractivity contribution in [2.45, 2.75) is 39.7 Å². The largest absolute Gasteiger partial charge is 0.493 e. The Morgan fingerprint density at radius 3 is 2.53 bits per heavy atom. The van der Waals surface area contributed by atoms with Crippen LogP contribution in [-0.4, -0.2) is 31.2 Å². The van der Waals surface area contributed by atoms with Crippen molar-refractivity contribution < 1.29 is 14.3 Å². The molecular formula is C25H32N2O3. The van der Waals surface area contributed by atoms with Crippen LogP contribution in [-0.2, 0) is 24.2 Å². The van der Waals surface area contributed by atoms with E-state index in [1.807, 2.05) is 18.2 Å². The molecule has 160 valence electrons. The molecule has 0 radical (unpaired) electrons. The molecule has 0 spiro atoms. The van der Waals surface area contributed by atoms with Crippen LogP contribution < -0.4 is 14.8 Å². The molecule has 1 N–H and O–H groups in total. The molecule has 1 amide bonds. The van der Waals surface area contributed by atoms with Crippen molar-refractivity contribution in [3.8, 4) is 11.5 Å². The van der Waals surface area contributed by atoms with E-state index in [0.29, 0.717) is 36.8 Å². The average molecular weight is 409 g/mol. The number of carbonyl (C=O) groups is 1. The summed E-state index contributed by atoms with van der Waals surface area (Å²) in [6, 6.07) is 14.3. The second-order valence-corrected chi connectivity index (χ2v) is 8.01. The van der Waals surface area contributed by atoms with Gasteiger partial charge in [0.15, 0.2) is 11.5 Å². The van der Waals surface area contributed by atoms with Crippen LogP contribution in [0.3, 0.4) is 0 Å². The lowest BCUT2D eigenvalue weighted by molar-refractivity contribution is -0.121. The van der Waals surface area contributed by atoms with Gasteiger partial charge < -0.3 is 19.4 Å². The van der Waals surface area contributed by atoms with E-state index in [9.17, 15) is 4.79 Å². The number of aryl methyl sites for hydroxylation is 1. The van der Waals surface area contributed by atoms with Gasteiger partial charge in [-0.25, -0.2) is 0 Å². The fourth-order valence-corrected chi connectivity index (χ4v) is 3.79. The highest BCUT2D eigenvalue weighted by Crippen LogP contribution is 2.28. The number of amides is 1. The predicted molar refractivity (Wildman–Crippen MR) is 121 cm³/mol. The predicted octanol–water partition coefficient (Wildman–Crippen LogP) is 4.61. The number of fused-ring (bicyclic) bond motifs is 1. The van der Waals surface area contributed by atoms with Gasteiger partial charge >= 0.3 is 0 Å². The van der Waals surface area contributed by atoms with Crippen molar-refractivity contribution in [3.63, 3.8) is 0 Å². The number of para-hydroxylation sites is 1. The highest BCUT2D eigenvalue weighted by molar-refractivity contribution is 5.84. The van der Waals surface area contributed by atoms with Crippen molar-refractivity contribution in [1.82, 2.24) is 9.88 Å². The Bertz CT molecular complexity index is 991. The van der Waals surface area contributed by atoms with E-state index < -0.39 is 0 Å². The third-order valence-electron chi connectivity index (χ3n) is 5.24. The number of ether oxygens (including phenoxy) is 2. The fourth-order valence-electron chi connectivity index (χ4n) is 3.79. The summed E-state index contributed by atoms with van der Waals surface area (Å²) < 4.78 is 12.9. The Hall–Kier alpha value is -2.95. The summed E-state index contributed by atoms with van der Waals surface area (Å²) in [5.41, 5.74) is 3.60. The Kier molecular flexibility index (Phi) is 7.39. The minimum atomic E-state index is 0.0655. The summed E-state index contributed by atoms with van der Waals surface area (Å²) >= 11 is 0. The normalized spacial score (nSPS) is 11.1. The first-order valence-corrected chi connectivity index (χ1v) is 10.6. The maximum Gasteiger partial charge on any atom is 0.220 e. The Morgan fingerprint density at radius 2 is 1.80 bits per heavy atom. The van der Waals surface area contributed by atoms with Crippen molar-refractivity contribution in [3.05, 3.63) is 59.8 Å². The molecule has 0 aliphatic rings. The SMILES string of the molecule is COc1ccc(CCC(=O)NCCc2cn(CC(C)C)c3ccccc23)cc1OC. The van der Waals surface area contributed by atoms with Crippen LogP contribution in [0.25, 0.3) is 10.9 Å². The summed E-state index contributed by atoms with van der Waals surface area (Å²) in [6.45, 7) is 6.10. The quantitative estimate of drug-likeness (QED) is 0.533. The maximum atomic E-state index is 12.3. The van der Waals surface area contributed by atoms with Crippen LogP contribution in [0.15, 0.2) is 48.7 Å². The molecule has 0 atom stereocenters. The van der Waals surface area contributed by atoms with Gasteiger partial charge in [0.05, 0.1) is 14.2 Å². The minimum Gasteiger partial charge on any atom is -0.493 e. The Labute approximate surface area is 179 Å². The molecule has 3 rings (SSSR count). The Balaban J connectivity index is 1.54.